The van der Waals surface area contributed by atoms with E-state index in [0.717, 1.165) is 16.1 Å². The SMILES string of the molecule is CNC(=O)C(Cc1ccccc1)N(Cc1c(Cl)cccc1Cl)C(=O)CN(c1ccc2c(c1)OCCO2)S(C)(=O)=O. The van der Waals surface area contributed by atoms with Gasteiger partial charge in [0.05, 0.1) is 11.9 Å². The zero-order valence-corrected chi connectivity index (χ0v) is 24.3. The van der Waals surface area contributed by atoms with Crippen LogP contribution in [0.4, 0.5) is 5.69 Å². The lowest BCUT2D eigenvalue weighted by Gasteiger charge is -2.33. The fourth-order valence-corrected chi connectivity index (χ4v) is 5.73. The van der Waals surface area contributed by atoms with Crippen molar-refractivity contribution in [2.24, 2.45) is 0 Å². The zero-order valence-electron chi connectivity index (χ0n) is 22.0. The van der Waals surface area contributed by atoms with Crippen LogP contribution < -0.4 is 19.1 Å². The molecule has 0 spiro atoms. The van der Waals surface area contributed by atoms with Gasteiger partial charge in [-0.05, 0) is 29.8 Å². The molecule has 12 heteroatoms. The highest BCUT2D eigenvalue weighted by atomic mass is 35.5. The Labute approximate surface area is 243 Å². The Morgan fingerprint density at radius 1 is 0.950 bits per heavy atom. The summed E-state index contributed by atoms with van der Waals surface area (Å²) in [6.07, 6.45) is 1.18. The van der Waals surface area contributed by atoms with Crippen molar-refractivity contribution < 1.29 is 27.5 Å². The Morgan fingerprint density at radius 2 is 1.60 bits per heavy atom. The van der Waals surface area contributed by atoms with Gasteiger partial charge < -0.3 is 19.7 Å². The van der Waals surface area contributed by atoms with E-state index in [4.69, 9.17) is 32.7 Å². The number of fused-ring (bicyclic) bond motifs is 1. The molecule has 1 unspecified atom stereocenters. The second-order valence-electron chi connectivity index (χ2n) is 9.14. The van der Waals surface area contributed by atoms with Crippen LogP contribution in [0.5, 0.6) is 11.5 Å². The van der Waals surface area contributed by atoms with Crippen LogP contribution in [-0.2, 0) is 32.6 Å². The summed E-state index contributed by atoms with van der Waals surface area (Å²) in [5, 5.41) is 3.25. The molecular formula is C28H29Cl2N3O6S. The lowest BCUT2D eigenvalue weighted by Crippen LogP contribution is -2.53. The summed E-state index contributed by atoms with van der Waals surface area (Å²) in [6.45, 7) is -0.0136. The molecule has 3 aromatic carbocycles. The Hall–Kier alpha value is -3.47. The number of ether oxygens (including phenoxy) is 2. The highest BCUT2D eigenvalue weighted by Crippen LogP contribution is 2.35. The van der Waals surface area contributed by atoms with Crippen LogP contribution in [0.1, 0.15) is 11.1 Å². The number of halogens is 2. The smallest absolute Gasteiger partial charge is 0.244 e. The van der Waals surface area contributed by atoms with Gasteiger partial charge in [-0.2, -0.15) is 0 Å². The highest BCUT2D eigenvalue weighted by Gasteiger charge is 2.33. The van der Waals surface area contributed by atoms with Crippen LogP contribution in [0.15, 0.2) is 66.7 Å². The van der Waals surface area contributed by atoms with Gasteiger partial charge in [0.2, 0.25) is 21.8 Å². The van der Waals surface area contributed by atoms with Crippen molar-refractivity contribution in [3.63, 3.8) is 0 Å². The van der Waals surface area contributed by atoms with Crippen LogP contribution in [0.25, 0.3) is 0 Å². The molecule has 0 radical (unpaired) electrons. The predicted molar refractivity (Wildman–Crippen MR) is 155 cm³/mol. The van der Waals surface area contributed by atoms with Gasteiger partial charge >= 0.3 is 0 Å². The molecule has 2 amide bonds. The molecule has 0 bridgehead atoms. The number of nitrogens with one attached hydrogen (secondary N) is 1. The standard InChI is InChI=1S/C28H29Cl2N3O6S/c1-31-28(35)24(15-19-7-4-3-5-8-19)32(17-21-22(29)9-6-10-23(21)30)27(34)18-33(40(2,36)37)20-11-12-25-26(16-20)39-14-13-38-25/h3-12,16,24H,13-15,17-18H2,1-2H3,(H,31,35). The van der Waals surface area contributed by atoms with E-state index in [-0.39, 0.29) is 18.7 Å². The van der Waals surface area contributed by atoms with E-state index in [1.807, 2.05) is 30.3 Å². The molecule has 1 heterocycles. The molecule has 9 nitrogen and oxygen atoms in total. The van der Waals surface area contributed by atoms with Crippen molar-refractivity contribution in [1.29, 1.82) is 0 Å². The molecule has 1 aliphatic rings. The molecule has 1 atom stereocenters. The minimum Gasteiger partial charge on any atom is -0.486 e. The number of carbonyl (C=O) groups excluding carboxylic acids is 2. The number of sulfonamides is 1. The van der Waals surface area contributed by atoms with Gasteiger partial charge in [0.1, 0.15) is 25.8 Å². The average Bonchev–Trinajstić information content (AvgIpc) is 2.94. The first-order chi connectivity index (χ1) is 19.1. The van der Waals surface area contributed by atoms with Gasteiger partial charge in [-0.3, -0.25) is 13.9 Å². The third-order valence-electron chi connectivity index (χ3n) is 6.40. The molecule has 0 fully saturated rings. The van der Waals surface area contributed by atoms with Gasteiger partial charge in [0, 0.05) is 41.7 Å². The first-order valence-corrected chi connectivity index (χ1v) is 15.0. The second kappa shape index (κ2) is 12.8. The molecule has 0 aliphatic carbocycles. The zero-order chi connectivity index (χ0) is 28.9. The monoisotopic (exact) mass is 605 g/mol. The van der Waals surface area contributed by atoms with Gasteiger partial charge in [-0.25, -0.2) is 8.42 Å². The Morgan fingerprint density at radius 3 is 2.23 bits per heavy atom. The summed E-state index contributed by atoms with van der Waals surface area (Å²) in [4.78, 5) is 28.6. The molecule has 0 aromatic heterocycles. The molecule has 0 saturated heterocycles. The number of benzene rings is 3. The first-order valence-electron chi connectivity index (χ1n) is 12.4. The minimum absolute atomic E-state index is 0.124. The fourth-order valence-electron chi connectivity index (χ4n) is 4.38. The summed E-state index contributed by atoms with van der Waals surface area (Å²) in [5.74, 6) is -0.198. The summed E-state index contributed by atoms with van der Waals surface area (Å²) in [6, 6.07) is 17.8. The molecule has 0 saturated carbocycles. The molecule has 40 heavy (non-hydrogen) atoms. The Kier molecular flexibility index (Phi) is 9.44. The normalized spacial score (nSPS) is 13.3. The third kappa shape index (κ3) is 6.99. The average molecular weight is 607 g/mol. The van der Waals surface area contributed by atoms with Gasteiger partial charge in [0.15, 0.2) is 11.5 Å². The van der Waals surface area contributed by atoms with E-state index in [1.54, 1.807) is 24.3 Å². The maximum atomic E-state index is 14.0. The van der Waals surface area contributed by atoms with E-state index >= 15 is 0 Å². The van der Waals surface area contributed by atoms with Crippen LogP contribution in [0.3, 0.4) is 0 Å². The lowest BCUT2D eigenvalue weighted by atomic mass is 10.0. The third-order valence-corrected chi connectivity index (χ3v) is 8.25. The van der Waals surface area contributed by atoms with Crippen molar-refractivity contribution in [1.82, 2.24) is 10.2 Å². The molecule has 3 aromatic rings. The number of nitrogens with zero attached hydrogens (tertiary/aromatic N) is 2. The lowest BCUT2D eigenvalue weighted by molar-refractivity contribution is -0.139. The van der Waals surface area contributed by atoms with E-state index in [9.17, 15) is 18.0 Å². The van der Waals surface area contributed by atoms with Gasteiger partial charge in [0.25, 0.3) is 0 Å². The van der Waals surface area contributed by atoms with Crippen molar-refractivity contribution in [3.8, 4) is 11.5 Å². The molecule has 1 N–H and O–H groups in total. The quantitative estimate of drug-likeness (QED) is 0.375. The largest absolute Gasteiger partial charge is 0.486 e. The number of rotatable bonds is 10. The predicted octanol–water partition coefficient (Wildman–Crippen LogP) is 3.92. The Bertz CT molecular complexity index is 1470. The molecule has 1 aliphatic heterocycles. The van der Waals surface area contributed by atoms with Crippen LogP contribution in [-0.4, -0.2) is 64.2 Å². The number of anilines is 1. The van der Waals surface area contributed by atoms with Crippen LogP contribution in [0, 0.1) is 0 Å². The number of carbonyl (C=O) groups is 2. The maximum absolute atomic E-state index is 14.0. The summed E-state index contributed by atoms with van der Waals surface area (Å²) in [5.41, 5.74) is 1.47. The minimum atomic E-state index is -3.94. The van der Waals surface area contributed by atoms with E-state index in [2.05, 4.69) is 5.32 Å². The van der Waals surface area contributed by atoms with Gasteiger partial charge in [-0.15, -0.1) is 0 Å². The summed E-state index contributed by atoms with van der Waals surface area (Å²) < 4.78 is 38.0. The highest BCUT2D eigenvalue weighted by molar-refractivity contribution is 7.92. The first kappa shape index (κ1) is 29.5. The van der Waals surface area contributed by atoms with Gasteiger partial charge in [-0.1, -0.05) is 59.6 Å². The Balaban J connectivity index is 1.74. The molecular weight excluding hydrogens is 577 g/mol. The number of hydrogen-bond donors (Lipinski definition) is 1. The van der Waals surface area contributed by atoms with Crippen molar-refractivity contribution in [2.75, 3.05) is 37.4 Å². The second-order valence-corrected chi connectivity index (χ2v) is 11.9. The molecule has 4 rings (SSSR count). The van der Waals surface area contributed by atoms with Crippen LogP contribution >= 0.6 is 23.2 Å². The number of amides is 2. The summed E-state index contributed by atoms with van der Waals surface area (Å²) >= 11 is 12.9. The molecule has 212 valence electrons. The van der Waals surface area contributed by atoms with E-state index in [1.165, 1.54) is 24.1 Å². The number of hydrogen-bond acceptors (Lipinski definition) is 6. The van der Waals surface area contributed by atoms with Crippen molar-refractivity contribution in [2.45, 2.75) is 19.0 Å². The van der Waals surface area contributed by atoms with E-state index < -0.39 is 34.4 Å². The maximum Gasteiger partial charge on any atom is 0.244 e. The topological polar surface area (TPSA) is 105 Å². The van der Waals surface area contributed by atoms with Crippen molar-refractivity contribution in [3.05, 3.63) is 87.9 Å². The van der Waals surface area contributed by atoms with E-state index in [0.29, 0.717) is 40.3 Å². The number of likely N-dealkylation sites (N-methyl/N-ethyl adjacent to an activating group) is 1. The summed E-state index contributed by atoms with van der Waals surface area (Å²) in [7, 11) is -2.46. The van der Waals surface area contributed by atoms with Crippen LogP contribution in [0.2, 0.25) is 10.0 Å². The van der Waals surface area contributed by atoms with Crippen molar-refractivity contribution >= 4 is 50.7 Å². The fraction of sp³-hybridized carbons (Fsp3) is 0.286.